The first-order chi connectivity index (χ1) is 12.5. The molecule has 1 aromatic carbocycles. The lowest BCUT2D eigenvalue weighted by Crippen LogP contribution is -2.31. The Bertz CT molecular complexity index is 946. The molecule has 0 aliphatic rings. The molecule has 0 fully saturated rings. The molecule has 2 amide bonds. The van der Waals surface area contributed by atoms with Gasteiger partial charge in [-0.2, -0.15) is 5.10 Å². The van der Waals surface area contributed by atoms with Crippen LogP contribution >= 0.6 is 0 Å². The Labute approximate surface area is 151 Å². The number of anilines is 1. The second-order valence-corrected chi connectivity index (χ2v) is 6.25. The lowest BCUT2D eigenvalue weighted by atomic mass is 10.1. The number of nitrogens with one attached hydrogen (secondary N) is 3. The Kier molecular flexibility index (Phi) is 4.97. The molecule has 2 heterocycles. The number of H-pyrrole nitrogens is 1. The first-order valence-electron chi connectivity index (χ1n) is 8.51. The lowest BCUT2D eigenvalue weighted by molar-refractivity contribution is 0.0938. The molecule has 7 heteroatoms. The Morgan fingerprint density at radius 1 is 1.19 bits per heavy atom. The summed E-state index contributed by atoms with van der Waals surface area (Å²) in [5, 5.41) is 13.5. The molecule has 3 aromatic rings. The molecule has 0 saturated carbocycles. The van der Waals surface area contributed by atoms with Crippen molar-refractivity contribution in [3.05, 3.63) is 53.5 Å². The summed E-state index contributed by atoms with van der Waals surface area (Å²) in [6, 6.07) is 8.59. The molecule has 134 valence electrons. The van der Waals surface area contributed by atoms with E-state index in [-0.39, 0.29) is 17.9 Å². The predicted molar refractivity (Wildman–Crippen MR) is 100 cm³/mol. The SMILES string of the molecule is CCC(C)NC(=O)c1ccc(NC(=O)c2cc3c(C)[nH]nc3cn2)cc1. The molecule has 0 saturated heterocycles. The van der Waals surface area contributed by atoms with Crippen LogP contribution in [0, 0.1) is 6.92 Å². The van der Waals surface area contributed by atoms with Crippen LogP contribution in [-0.2, 0) is 0 Å². The zero-order chi connectivity index (χ0) is 18.7. The van der Waals surface area contributed by atoms with E-state index in [1.54, 1.807) is 36.5 Å². The molecule has 0 radical (unpaired) electrons. The van der Waals surface area contributed by atoms with E-state index in [0.717, 1.165) is 23.0 Å². The van der Waals surface area contributed by atoms with Gasteiger partial charge in [-0.15, -0.1) is 0 Å². The van der Waals surface area contributed by atoms with Gasteiger partial charge in [-0.1, -0.05) is 6.92 Å². The van der Waals surface area contributed by atoms with Gasteiger partial charge in [0.15, 0.2) is 0 Å². The average molecular weight is 351 g/mol. The fourth-order valence-corrected chi connectivity index (χ4v) is 2.48. The smallest absolute Gasteiger partial charge is 0.274 e. The van der Waals surface area contributed by atoms with E-state index in [4.69, 9.17) is 0 Å². The number of pyridine rings is 1. The Morgan fingerprint density at radius 2 is 1.92 bits per heavy atom. The maximum absolute atomic E-state index is 12.4. The second-order valence-electron chi connectivity index (χ2n) is 6.25. The highest BCUT2D eigenvalue weighted by atomic mass is 16.2. The van der Waals surface area contributed by atoms with E-state index in [1.165, 1.54) is 0 Å². The maximum atomic E-state index is 12.4. The third kappa shape index (κ3) is 3.72. The number of hydrogen-bond acceptors (Lipinski definition) is 4. The molecular weight excluding hydrogens is 330 g/mol. The van der Waals surface area contributed by atoms with Crippen LogP contribution in [0.2, 0.25) is 0 Å². The third-order valence-electron chi connectivity index (χ3n) is 4.26. The highest BCUT2D eigenvalue weighted by Crippen LogP contribution is 2.16. The number of aromatic nitrogens is 3. The normalized spacial score (nSPS) is 12.0. The van der Waals surface area contributed by atoms with Gasteiger partial charge in [0, 0.05) is 28.4 Å². The Morgan fingerprint density at radius 3 is 2.62 bits per heavy atom. The minimum absolute atomic E-state index is 0.120. The van der Waals surface area contributed by atoms with Crippen molar-refractivity contribution in [2.45, 2.75) is 33.2 Å². The molecule has 0 spiro atoms. The lowest BCUT2D eigenvalue weighted by Gasteiger charge is -2.11. The van der Waals surface area contributed by atoms with Gasteiger partial charge in [-0.3, -0.25) is 14.7 Å². The zero-order valence-corrected chi connectivity index (χ0v) is 15.0. The van der Waals surface area contributed by atoms with Crippen LogP contribution in [0.1, 0.15) is 46.8 Å². The molecular formula is C19H21N5O2. The Hall–Kier alpha value is -3.22. The summed E-state index contributed by atoms with van der Waals surface area (Å²) in [6.07, 6.45) is 2.43. The molecule has 0 aliphatic carbocycles. The van der Waals surface area contributed by atoms with E-state index in [9.17, 15) is 9.59 Å². The van der Waals surface area contributed by atoms with E-state index in [1.807, 2.05) is 20.8 Å². The van der Waals surface area contributed by atoms with E-state index < -0.39 is 0 Å². The number of aromatic amines is 1. The number of benzene rings is 1. The van der Waals surface area contributed by atoms with E-state index in [2.05, 4.69) is 25.8 Å². The van der Waals surface area contributed by atoms with Gasteiger partial charge >= 0.3 is 0 Å². The third-order valence-corrected chi connectivity index (χ3v) is 4.26. The first kappa shape index (κ1) is 17.6. The molecule has 26 heavy (non-hydrogen) atoms. The monoisotopic (exact) mass is 351 g/mol. The molecule has 2 aromatic heterocycles. The van der Waals surface area contributed by atoms with Crippen molar-refractivity contribution in [1.29, 1.82) is 0 Å². The molecule has 7 nitrogen and oxygen atoms in total. The van der Waals surface area contributed by atoms with E-state index >= 15 is 0 Å². The number of hydrogen-bond donors (Lipinski definition) is 3. The highest BCUT2D eigenvalue weighted by Gasteiger charge is 2.12. The predicted octanol–water partition coefficient (Wildman–Crippen LogP) is 3.05. The molecule has 3 N–H and O–H groups in total. The van der Waals surface area contributed by atoms with Gasteiger partial charge in [-0.05, 0) is 50.6 Å². The molecule has 1 atom stereocenters. The van der Waals surface area contributed by atoms with Crippen LogP contribution in [0.3, 0.4) is 0 Å². The Balaban J connectivity index is 1.70. The van der Waals surface area contributed by atoms with Gasteiger partial charge in [0.2, 0.25) is 0 Å². The fourth-order valence-electron chi connectivity index (χ4n) is 2.48. The minimum Gasteiger partial charge on any atom is -0.350 e. The summed E-state index contributed by atoms with van der Waals surface area (Å²) in [7, 11) is 0. The average Bonchev–Trinajstić information content (AvgIpc) is 3.02. The standard InChI is InChI=1S/C19H21N5O2/c1-4-11(2)21-18(25)13-5-7-14(8-6-13)22-19(26)16-9-15-12(3)23-24-17(15)10-20-16/h5-11H,4H2,1-3H3,(H,21,25)(H,22,26)(H,23,24). The first-order valence-corrected chi connectivity index (χ1v) is 8.51. The zero-order valence-electron chi connectivity index (χ0n) is 15.0. The van der Waals surface area contributed by atoms with E-state index in [0.29, 0.717) is 16.9 Å². The summed E-state index contributed by atoms with van der Waals surface area (Å²) in [4.78, 5) is 28.6. The van der Waals surface area contributed by atoms with Gasteiger partial charge in [-0.25, -0.2) is 4.98 Å². The summed E-state index contributed by atoms with van der Waals surface area (Å²) < 4.78 is 0. The van der Waals surface area contributed by atoms with Crippen molar-refractivity contribution in [2.24, 2.45) is 0 Å². The van der Waals surface area contributed by atoms with Crippen molar-refractivity contribution >= 4 is 28.4 Å². The van der Waals surface area contributed by atoms with Crippen LogP contribution in [0.5, 0.6) is 0 Å². The van der Waals surface area contributed by atoms with Crippen molar-refractivity contribution in [2.75, 3.05) is 5.32 Å². The molecule has 3 rings (SSSR count). The van der Waals surface area contributed by atoms with Crippen molar-refractivity contribution in [1.82, 2.24) is 20.5 Å². The molecule has 1 unspecified atom stereocenters. The quantitative estimate of drug-likeness (QED) is 0.658. The topological polar surface area (TPSA) is 99.8 Å². The summed E-state index contributed by atoms with van der Waals surface area (Å²) in [5.41, 5.74) is 3.06. The molecule has 0 bridgehead atoms. The van der Waals surface area contributed by atoms with Gasteiger partial charge in [0.25, 0.3) is 11.8 Å². The number of amides is 2. The number of nitrogens with zero attached hydrogens (tertiary/aromatic N) is 2. The van der Waals surface area contributed by atoms with Crippen molar-refractivity contribution in [3.63, 3.8) is 0 Å². The number of aryl methyl sites for hydroxylation is 1. The summed E-state index contributed by atoms with van der Waals surface area (Å²) >= 11 is 0. The van der Waals surface area contributed by atoms with Gasteiger partial charge in [0.05, 0.1) is 6.20 Å². The number of rotatable bonds is 5. The largest absolute Gasteiger partial charge is 0.350 e. The van der Waals surface area contributed by atoms with Gasteiger partial charge < -0.3 is 10.6 Å². The number of carbonyl (C=O) groups excluding carboxylic acids is 2. The fraction of sp³-hybridized carbons (Fsp3) is 0.263. The summed E-state index contributed by atoms with van der Waals surface area (Å²) in [5.74, 6) is -0.441. The number of carbonyl (C=O) groups is 2. The van der Waals surface area contributed by atoms with Crippen LogP contribution in [0.25, 0.3) is 10.9 Å². The second kappa shape index (κ2) is 7.35. The minimum atomic E-state index is -0.315. The van der Waals surface area contributed by atoms with Crippen molar-refractivity contribution < 1.29 is 9.59 Å². The van der Waals surface area contributed by atoms with Crippen LogP contribution in [0.15, 0.2) is 36.5 Å². The molecule has 0 aliphatic heterocycles. The highest BCUT2D eigenvalue weighted by molar-refractivity contribution is 6.05. The summed E-state index contributed by atoms with van der Waals surface area (Å²) in [6.45, 7) is 5.86. The van der Waals surface area contributed by atoms with Crippen LogP contribution in [0.4, 0.5) is 5.69 Å². The van der Waals surface area contributed by atoms with Crippen molar-refractivity contribution in [3.8, 4) is 0 Å². The number of fused-ring (bicyclic) bond motifs is 1. The van der Waals surface area contributed by atoms with Gasteiger partial charge in [0.1, 0.15) is 11.2 Å². The van der Waals surface area contributed by atoms with Crippen LogP contribution in [-0.4, -0.2) is 33.0 Å². The van der Waals surface area contributed by atoms with Crippen LogP contribution < -0.4 is 10.6 Å². The maximum Gasteiger partial charge on any atom is 0.274 e.